The Balaban J connectivity index is 2.61. The first-order chi connectivity index (χ1) is 7.13. The van der Waals surface area contributed by atoms with Crippen molar-refractivity contribution in [3.05, 3.63) is 29.0 Å². The minimum Gasteiger partial charge on any atom is -0.457 e. The van der Waals surface area contributed by atoms with Crippen molar-refractivity contribution in [3.8, 4) is 0 Å². The predicted octanol–water partition coefficient (Wildman–Crippen LogP) is 1.93. The summed E-state index contributed by atoms with van der Waals surface area (Å²) >= 11 is 5.64. The van der Waals surface area contributed by atoms with E-state index in [1.807, 2.05) is 0 Å². The van der Waals surface area contributed by atoms with Crippen LogP contribution in [0.15, 0.2) is 18.3 Å². The number of hydrogen-bond acceptors (Lipinski definition) is 4. The van der Waals surface area contributed by atoms with Gasteiger partial charge in [-0.05, 0) is 19.1 Å². The van der Waals surface area contributed by atoms with E-state index >= 15 is 0 Å². The molecule has 0 fully saturated rings. The molecule has 1 aromatic heterocycles. The molecule has 0 aromatic carbocycles. The predicted molar refractivity (Wildman–Crippen MR) is 56.0 cm³/mol. The van der Waals surface area contributed by atoms with Gasteiger partial charge in [0, 0.05) is 13.3 Å². The van der Waals surface area contributed by atoms with Crippen molar-refractivity contribution in [2.75, 3.05) is 13.7 Å². The number of ether oxygens (including phenoxy) is 2. The zero-order chi connectivity index (χ0) is 11.3. The van der Waals surface area contributed by atoms with Crippen LogP contribution in [0.25, 0.3) is 0 Å². The molecule has 15 heavy (non-hydrogen) atoms. The van der Waals surface area contributed by atoms with E-state index in [-0.39, 0.29) is 11.3 Å². The van der Waals surface area contributed by atoms with Crippen LogP contribution < -0.4 is 0 Å². The monoisotopic (exact) mass is 229 g/mol. The molecule has 0 saturated heterocycles. The molecule has 1 atom stereocenters. The molecular weight excluding hydrogens is 218 g/mol. The molecule has 0 amide bonds. The van der Waals surface area contributed by atoms with Gasteiger partial charge in [0.25, 0.3) is 0 Å². The van der Waals surface area contributed by atoms with Crippen LogP contribution in [-0.2, 0) is 9.47 Å². The lowest BCUT2D eigenvalue weighted by Crippen LogP contribution is -2.19. The van der Waals surface area contributed by atoms with Crippen LogP contribution >= 0.6 is 11.6 Å². The molecule has 1 aromatic rings. The molecule has 0 aliphatic rings. The van der Waals surface area contributed by atoms with Crippen LogP contribution in [0.2, 0.25) is 5.15 Å². The third-order valence-corrected chi connectivity index (χ3v) is 1.88. The molecule has 0 bridgehead atoms. The summed E-state index contributed by atoms with van der Waals surface area (Å²) in [4.78, 5) is 15.3. The molecule has 82 valence electrons. The smallest absolute Gasteiger partial charge is 0.338 e. The summed E-state index contributed by atoms with van der Waals surface area (Å²) in [6.45, 7) is 2.12. The number of carbonyl (C=O) groups is 1. The lowest BCUT2D eigenvalue weighted by molar-refractivity contribution is 0.0120. The molecule has 0 saturated carbocycles. The van der Waals surface area contributed by atoms with Gasteiger partial charge in [0.15, 0.2) is 0 Å². The zero-order valence-electron chi connectivity index (χ0n) is 8.57. The number of rotatable bonds is 4. The van der Waals surface area contributed by atoms with E-state index in [2.05, 4.69) is 4.98 Å². The van der Waals surface area contributed by atoms with E-state index in [1.54, 1.807) is 20.1 Å². The van der Waals surface area contributed by atoms with E-state index < -0.39 is 5.97 Å². The van der Waals surface area contributed by atoms with E-state index in [1.165, 1.54) is 12.3 Å². The van der Waals surface area contributed by atoms with Gasteiger partial charge in [-0.1, -0.05) is 11.6 Å². The van der Waals surface area contributed by atoms with Crippen molar-refractivity contribution in [1.29, 1.82) is 0 Å². The van der Waals surface area contributed by atoms with E-state index in [4.69, 9.17) is 21.1 Å². The third-order valence-electron chi connectivity index (χ3n) is 1.67. The molecule has 1 unspecified atom stereocenters. The van der Waals surface area contributed by atoms with Crippen LogP contribution in [0.4, 0.5) is 0 Å². The maximum Gasteiger partial charge on any atom is 0.338 e. The minimum atomic E-state index is -0.427. The minimum absolute atomic E-state index is 0.267. The number of esters is 1. The first-order valence-electron chi connectivity index (χ1n) is 4.45. The Morgan fingerprint density at radius 1 is 1.67 bits per heavy atom. The summed E-state index contributed by atoms with van der Waals surface area (Å²) in [5, 5.41) is 0.267. The largest absolute Gasteiger partial charge is 0.457 e. The summed E-state index contributed by atoms with van der Waals surface area (Å²) in [5.74, 6) is -0.427. The highest BCUT2D eigenvalue weighted by Gasteiger charge is 2.12. The number of pyridine rings is 1. The van der Waals surface area contributed by atoms with Crippen molar-refractivity contribution < 1.29 is 14.3 Å². The van der Waals surface area contributed by atoms with E-state index in [0.29, 0.717) is 12.2 Å². The molecule has 5 heteroatoms. The van der Waals surface area contributed by atoms with Crippen LogP contribution in [0.5, 0.6) is 0 Å². The molecule has 4 nitrogen and oxygen atoms in total. The molecule has 1 heterocycles. The SMILES string of the molecule is COCC(C)OC(=O)c1ccnc(Cl)c1. The summed E-state index contributed by atoms with van der Waals surface area (Å²) in [6.07, 6.45) is 1.18. The van der Waals surface area contributed by atoms with Gasteiger partial charge in [-0.15, -0.1) is 0 Å². The molecule has 1 rings (SSSR count). The number of hydrogen-bond donors (Lipinski definition) is 0. The van der Waals surface area contributed by atoms with Crippen molar-refractivity contribution >= 4 is 17.6 Å². The number of nitrogens with zero attached hydrogens (tertiary/aromatic N) is 1. The van der Waals surface area contributed by atoms with Crippen molar-refractivity contribution in [3.63, 3.8) is 0 Å². The van der Waals surface area contributed by atoms with Gasteiger partial charge in [-0.3, -0.25) is 0 Å². The van der Waals surface area contributed by atoms with Crippen LogP contribution in [0.1, 0.15) is 17.3 Å². The highest BCUT2D eigenvalue weighted by molar-refractivity contribution is 6.29. The zero-order valence-corrected chi connectivity index (χ0v) is 9.32. The lowest BCUT2D eigenvalue weighted by atomic mass is 10.3. The topological polar surface area (TPSA) is 48.4 Å². The second kappa shape index (κ2) is 5.68. The number of methoxy groups -OCH3 is 1. The van der Waals surface area contributed by atoms with Crippen LogP contribution in [0, 0.1) is 0 Å². The molecule has 0 N–H and O–H groups in total. The number of carbonyl (C=O) groups excluding carboxylic acids is 1. The highest BCUT2D eigenvalue weighted by atomic mass is 35.5. The maximum absolute atomic E-state index is 11.5. The average molecular weight is 230 g/mol. The molecule has 0 spiro atoms. The van der Waals surface area contributed by atoms with Crippen LogP contribution in [-0.4, -0.2) is 30.8 Å². The normalized spacial score (nSPS) is 12.2. The Bertz CT molecular complexity index is 343. The fraction of sp³-hybridized carbons (Fsp3) is 0.400. The van der Waals surface area contributed by atoms with Gasteiger partial charge in [-0.25, -0.2) is 9.78 Å². The van der Waals surface area contributed by atoms with Crippen LogP contribution in [0.3, 0.4) is 0 Å². The van der Waals surface area contributed by atoms with Crippen molar-refractivity contribution in [2.45, 2.75) is 13.0 Å². The van der Waals surface area contributed by atoms with Gasteiger partial charge in [0.2, 0.25) is 0 Å². The Labute approximate surface area is 93.2 Å². The van der Waals surface area contributed by atoms with Gasteiger partial charge in [0.1, 0.15) is 11.3 Å². The van der Waals surface area contributed by atoms with E-state index in [9.17, 15) is 4.79 Å². The van der Waals surface area contributed by atoms with Gasteiger partial charge in [-0.2, -0.15) is 0 Å². The fourth-order valence-corrected chi connectivity index (χ4v) is 1.22. The Hall–Kier alpha value is -1.13. The standard InChI is InChI=1S/C10H12ClNO3/c1-7(6-14-2)15-10(13)8-3-4-12-9(11)5-8/h3-5,7H,6H2,1-2H3. The Morgan fingerprint density at radius 2 is 2.40 bits per heavy atom. The number of halogens is 1. The van der Waals surface area contributed by atoms with E-state index in [0.717, 1.165) is 0 Å². The second-order valence-corrected chi connectivity index (χ2v) is 3.43. The fourth-order valence-electron chi connectivity index (χ4n) is 1.05. The van der Waals surface area contributed by atoms with Gasteiger partial charge < -0.3 is 9.47 Å². The maximum atomic E-state index is 11.5. The summed E-state index contributed by atoms with van der Waals surface area (Å²) in [7, 11) is 1.55. The molecule has 0 aliphatic carbocycles. The second-order valence-electron chi connectivity index (χ2n) is 3.04. The van der Waals surface area contributed by atoms with Gasteiger partial charge in [0.05, 0.1) is 12.2 Å². The highest BCUT2D eigenvalue weighted by Crippen LogP contribution is 2.09. The summed E-state index contributed by atoms with van der Waals surface area (Å²) in [5.41, 5.74) is 0.387. The molecule has 0 radical (unpaired) electrons. The number of aromatic nitrogens is 1. The first-order valence-corrected chi connectivity index (χ1v) is 4.82. The van der Waals surface area contributed by atoms with Gasteiger partial charge >= 0.3 is 5.97 Å². The summed E-state index contributed by atoms with van der Waals surface area (Å²) in [6, 6.07) is 3.01. The summed E-state index contributed by atoms with van der Waals surface area (Å²) < 4.78 is 9.93. The Morgan fingerprint density at radius 3 is 3.00 bits per heavy atom. The molecule has 0 aliphatic heterocycles. The average Bonchev–Trinajstić information content (AvgIpc) is 2.18. The van der Waals surface area contributed by atoms with Crippen molar-refractivity contribution in [2.24, 2.45) is 0 Å². The quantitative estimate of drug-likeness (QED) is 0.585. The molecular formula is C10H12ClNO3. The van der Waals surface area contributed by atoms with Crippen molar-refractivity contribution in [1.82, 2.24) is 4.98 Å². The Kier molecular flexibility index (Phi) is 4.52. The lowest BCUT2D eigenvalue weighted by Gasteiger charge is -2.11. The first kappa shape index (κ1) is 11.9. The third kappa shape index (κ3) is 3.85.